The van der Waals surface area contributed by atoms with Gasteiger partial charge in [-0.3, -0.25) is 0 Å². The standard InChI is InChI=1S/C7H4F3O2/c8-7(9,10)12-6-3-1-2-5(11)4-6/h1-3,11H. The van der Waals surface area contributed by atoms with E-state index >= 15 is 0 Å². The summed E-state index contributed by atoms with van der Waals surface area (Å²) < 4.78 is 38.1. The molecule has 1 N–H and O–H groups in total. The Morgan fingerprint density at radius 2 is 2.00 bits per heavy atom. The van der Waals surface area contributed by atoms with Crippen LogP contribution in [0.5, 0.6) is 11.5 Å². The first kappa shape index (κ1) is 8.70. The van der Waals surface area contributed by atoms with Gasteiger partial charge in [0.05, 0.1) is 6.07 Å². The molecule has 0 aliphatic heterocycles. The van der Waals surface area contributed by atoms with Gasteiger partial charge in [-0.25, -0.2) is 0 Å². The van der Waals surface area contributed by atoms with Crippen LogP contribution in [0.15, 0.2) is 18.2 Å². The van der Waals surface area contributed by atoms with Crippen LogP contribution >= 0.6 is 0 Å². The molecule has 1 aromatic rings. The molecule has 0 unspecified atom stereocenters. The third-order valence-corrected chi connectivity index (χ3v) is 0.979. The van der Waals surface area contributed by atoms with E-state index in [-0.39, 0.29) is 0 Å². The first-order chi connectivity index (χ1) is 5.47. The minimum atomic E-state index is -4.75. The van der Waals surface area contributed by atoms with Crippen LogP contribution in [-0.4, -0.2) is 11.5 Å². The van der Waals surface area contributed by atoms with Gasteiger partial charge in [0.15, 0.2) is 0 Å². The fourth-order valence-corrected chi connectivity index (χ4v) is 0.620. The molecule has 0 atom stereocenters. The zero-order valence-electron chi connectivity index (χ0n) is 5.72. The number of ether oxygens (including phenoxy) is 1. The fourth-order valence-electron chi connectivity index (χ4n) is 0.620. The van der Waals surface area contributed by atoms with Crippen molar-refractivity contribution >= 4 is 0 Å². The maximum Gasteiger partial charge on any atom is 0.573 e. The zero-order chi connectivity index (χ0) is 9.19. The van der Waals surface area contributed by atoms with Gasteiger partial charge in [0.2, 0.25) is 0 Å². The molecule has 0 aliphatic carbocycles. The monoisotopic (exact) mass is 177 g/mol. The average Bonchev–Trinajstić information content (AvgIpc) is 1.82. The molecule has 5 heteroatoms. The van der Waals surface area contributed by atoms with Gasteiger partial charge in [0.1, 0.15) is 11.5 Å². The highest BCUT2D eigenvalue weighted by Crippen LogP contribution is 2.24. The highest BCUT2D eigenvalue weighted by atomic mass is 19.4. The van der Waals surface area contributed by atoms with Crippen molar-refractivity contribution < 1.29 is 23.0 Å². The minimum absolute atomic E-state index is 0.392. The van der Waals surface area contributed by atoms with Gasteiger partial charge < -0.3 is 9.84 Å². The molecule has 0 aromatic heterocycles. The molecule has 0 amide bonds. The van der Waals surface area contributed by atoms with Crippen LogP contribution in [-0.2, 0) is 0 Å². The molecule has 0 saturated carbocycles. The summed E-state index contributed by atoms with van der Waals surface area (Å²) in [4.78, 5) is 0. The number of benzene rings is 1. The molecular formula is C7H4F3O2. The van der Waals surface area contributed by atoms with Gasteiger partial charge in [0.25, 0.3) is 0 Å². The van der Waals surface area contributed by atoms with Crippen LogP contribution in [0, 0.1) is 6.07 Å². The summed E-state index contributed by atoms with van der Waals surface area (Å²) in [6.45, 7) is 0. The summed E-state index contributed by atoms with van der Waals surface area (Å²) in [5.74, 6) is -0.945. The molecular weight excluding hydrogens is 173 g/mol. The molecule has 0 fully saturated rings. The number of phenols is 1. The number of alkyl halides is 3. The number of phenolic OH excluding ortho intramolecular Hbond substituents is 1. The van der Waals surface area contributed by atoms with Gasteiger partial charge in [-0.05, 0) is 12.1 Å². The molecule has 0 aliphatic rings. The predicted molar refractivity (Wildman–Crippen MR) is 33.6 cm³/mol. The van der Waals surface area contributed by atoms with Crippen LogP contribution in [0.25, 0.3) is 0 Å². The Hall–Kier alpha value is -1.39. The summed E-state index contributed by atoms with van der Waals surface area (Å²) >= 11 is 0. The van der Waals surface area contributed by atoms with Gasteiger partial charge >= 0.3 is 6.36 Å². The van der Waals surface area contributed by atoms with E-state index in [2.05, 4.69) is 4.74 Å². The summed E-state index contributed by atoms with van der Waals surface area (Å²) in [6.07, 6.45) is -4.75. The van der Waals surface area contributed by atoms with Crippen molar-refractivity contribution in [3.05, 3.63) is 24.3 Å². The molecule has 0 saturated heterocycles. The van der Waals surface area contributed by atoms with E-state index in [1.165, 1.54) is 12.1 Å². The van der Waals surface area contributed by atoms with Crippen molar-refractivity contribution in [2.45, 2.75) is 6.36 Å². The van der Waals surface area contributed by atoms with Crippen molar-refractivity contribution in [3.8, 4) is 11.5 Å². The van der Waals surface area contributed by atoms with E-state index in [1.807, 2.05) is 6.07 Å². The van der Waals surface area contributed by atoms with Gasteiger partial charge in [0, 0.05) is 0 Å². The fraction of sp³-hybridized carbons (Fsp3) is 0.143. The second-order valence-electron chi connectivity index (χ2n) is 1.95. The molecule has 2 nitrogen and oxygen atoms in total. The molecule has 65 valence electrons. The minimum Gasteiger partial charge on any atom is -0.507 e. The first-order valence-corrected chi connectivity index (χ1v) is 2.94. The largest absolute Gasteiger partial charge is 0.573 e. The average molecular weight is 177 g/mol. The second-order valence-corrected chi connectivity index (χ2v) is 1.95. The third kappa shape index (κ3) is 2.69. The van der Waals surface area contributed by atoms with Crippen LogP contribution in [0.1, 0.15) is 0 Å². The lowest BCUT2D eigenvalue weighted by Gasteiger charge is -2.07. The Kier molecular flexibility index (Phi) is 2.12. The van der Waals surface area contributed by atoms with Crippen LogP contribution in [0.2, 0.25) is 0 Å². The zero-order valence-corrected chi connectivity index (χ0v) is 5.72. The van der Waals surface area contributed by atoms with Crippen molar-refractivity contribution in [3.63, 3.8) is 0 Å². The van der Waals surface area contributed by atoms with Crippen molar-refractivity contribution in [1.29, 1.82) is 0 Å². The topological polar surface area (TPSA) is 29.5 Å². The number of hydrogen-bond donors (Lipinski definition) is 1. The lowest BCUT2D eigenvalue weighted by molar-refractivity contribution is -0.274. The Morgan fingerprint density at radius 3 is 2.50 bits per heavy atom. The van der Waals surface area contributed by atoms with Crippen molar-refractivity contribution in [2.24, 2.45) is 0 Å². The van der Waals surface area contributed by atoms with Gasteiger partial charge in [-0.2, -0.15) is 0 Å². The van der Waals surface area contributed by atoms with Crippen molar-refractivity contribution in [1.82, 2.24) is 0 Å². The predicted octanol–water partition coefficient (Wildman–Crippen LogP) is 2.09. The molecule has 1 radical (unpaired) electrons. The Bertz CT molecular complexity index is 270. The van der Waals surface area contributed by atoms with Crippen LogP contribution in [0.3, 0.4) is 0 Å². The lowest BCUT2D eigenvalue weighted by Crippen LogP contribution is -2.16. The number of rotatable bonds is 1. The Morgan fingerprint density at radius 1 is 1.33 bits per heavy atom. The van der Waals surface area contributed by atoms with Gasteiger partial charge in [-0.1, -0.05) is 6.07 Å². The van der Waals surface area contributed by atoms with E-state index in [1.54, 1.807) is 0 Å². The van der Waals surface area contributed by atoms with Crippen LogP contribution in [0.4, 0.5) is 13.2 Å². The number of halogens is 3. The first-order valence-electron chi connectivity index (χ1n) is 2.94. The van der Waals surface area contributed by atoms with E-state index in [0.29, 0.717) is 0 Å². The maximum atomic E-state index is 11.5. The number of hydrogen-bond acceptors (Lipinski definition) is 2. The normalized spacial score (nSPS) is 11.2. The lowest BCUT2D eigenvalue weighted by atomic mass is 10.3. The van der Waals surface area contributed by atoms with Gasteiger partial charge in [-0.15, -0.1) is 13.2 Å². The molecule has 0 bridgehead atoms. The molecule has 0 spiro atoms. The third-order valence-electron chi connectivity index (χ3n) is 0.979. The summed E-state index contributed by atoms with van der Waals surface area (Å²) in [5, 5.41) is 8.71. The number of aromatic hydroxyl groups is 1. The molecule has 1 rings (SSSR count). The summed E-state index contributed by atoms with van der Waals surface area (Å²) in [5.41, 5.74) is 0. The Balaban J connectivity index is 2.77. The maximum absolute atomic E-state index is 11.5. The summed E-state index contributed by atoms with van der Waals surface area (Å²) in [7, 11) is 0. The summed E-state index contributed by atoms with van der Waals surface area (Å²) in [6, 6.07) is 5.45. The SMILES string of the molecule is Oc1[c]c(OC(F)(F)F)ccc1. The smallest absolute Gasteiger partial charge is 0.507 e. The quantitative estimate of drug-likeness (QED) is 0.711. The van der Waals surface area contributed by atoms with E-state index < -0.39 is 17.9 Å². The van der Waals surface area contributed by atoms with E-state index in [0.717, 1.165) is 6.07 Å². The van der Waals surface area contributed by atoms with Crippen molar-refractivity contribution in [2.75, 3.05) is 0 Å². The Labute approximate surface area is 66.2 Å². The van der Waals surface area contributed by atoms with Crippen LogP contribution < -0.4 is 4.74 Å². The molecule has 12 heavy (non-hydrogen) atoms. The molecule has 1 aromatic carbocycles. The molecule has 0 heterocycles. The second kappa shape index (κ2) is 2.92. The van der Waals surface area contributed by atoms with E-state index in [4.69, 9.17) is 5.11 Å². The van der Waals surface area contributed by atoms with E-state index in [9.17, 15) is 13.2 Å². The highest BCUT2D eigenvalue weighted by molar-refractivity contribution is 5.29. The highest BCUT2D eigenvalue weighted by Gasteiger charge is 2.31.